The lowest BCUT2D eigenvalue weighted by molar-refractivity contribution is -0.123. The van der Waals surface area contributed by atoms with E-state index < -0.39 is 24.9 Å². The van der Waals surface area contributed by atoms with Gasteiger partial charge in [-0.3, -0.25) is 15.0 Å². The molecule has 0 aliphatic carbocycles. The molecule has 1 aliphatic heterocycles. The zero-order chi connectivity index (χ0) is 13.8. The van der Waals surface area contributed by atoms with Crippen LogP contribution in [0.3, 0.4) is 0 Å². The van der Waals surface area contributed by atoms with Crippen LogP contribution in [0.4, 0.5) is 8.78 Å². The van der Waals surface area contributed by atoms with E-state index in [1.165, 1.54) is 0 Å². The summed E-state index contributed by atoms with van der Waals surface area (Å²) in [5.74, 6) is -3.08. The third kappa shape index (κ3) is 7.02. The molecule has 0 radical (unpaired) electrons. The van der Waals surface area contributed by atoms with Crippen molar-refractivity contribution in [1.29, 1.82) is 0 Å². The number of nitrogens with one attached hydrogen (secondary N) is 2. The number of hydrogen-bond donors (Lipinski definition) is 2. The summed E-state index contributed by atoms with van der Waals surface area (Å²) in [4.78, 5) is 13.9. The van der Waals surface area contributed by atoms with Crippen LogP contribution in [0.1, 0.15) is 27.2 Å². The van der Waals surface area contributed by atoms with Crippen LogP contribution in [0.25, 0.3) is 0 Å². The molecule has 1 rings (SSSR count). The van der Waals surface area contributed by atoms with Crippen LogP contribution in [-0.4, -0.2) is 55.0 Å². The maximum absolute atomic E-state index is 12.9. The van der Waals surface area contributed by atoms with Gasteiger partial charge in [0.05, 0.1) is 12.6 Å². The molecule has 2 N–H and O–H groups in total. The van der Waals surface area contributed by atoms with Gasteiger partial charge in [0, 0.05) is 25.6 Å². The SMILES string of the molecule is CCN(CCNC(=O)C1CC(F)(F)CN1)C(C)C.Cl.Cl. The Kier molecular flexibility index (Phi) is 10.7. The molecule has 20 heavy (non-hydrogen) atoms. The smallest absolute Gasteiger partial charge is 0.262 e. The molecule has 1 unspecified atom stereocenters. The minimum Gasteiger partial charge on any atom is -0.353 e. The van der Waals surface area contributed by atoms with E-state index in [-0.39, 0.29) is 30.7 Å². The van der Waals surface area contributed by atoms with E-state index >= 15 is 0 Å². The molecule has 1 saturated heterocycles. The van der Waals surface area contributed by atoms with Crippen LogP contribution in [0.15, 0.2) is 0 Å². The zero-order valence-electron chi connectivity index (χ0n) is 12.1. The van der Waals surface area contributed by atoms with E-state index in [1.54, 1.807) is 0 Å². The number of rotatable bonds is 6. The Bertz CT molecular complexity index is 294. The Hall–Kier alpha value is -0.170. The van der Waals surface area contributed by atoms with Gasteiger partial charge in [0.15, 0.2) is 0 Å². The topological polar surface area (TPSA) is 44.4 Å². The summed E-state index contributed by atoms with van der Waals surface area (Å²) >= 11 is 0. The second-order valence-electron chi connectivity index (χ2n) is 5.01. The lowest BCUT2D eigenvalue weighted by Crippen LogP contribution is -2.44. The monoisotopic (exact) mass is 335 g/mol. The average molecular weight is 336 g/mol. The zero-order valence-corrected chi connectivity index (χ0v) is 13.8. The standard InChI is InChI=1S/C12H23F2N3O.2ClH/c1-4-17(9(2)3)6-5-15-11(18)10-7-12(13,14)8-16-10;;/h9-10,16H,4-8H2,1-3H3,(H,15,18);2*1H. The normalized spacial score (nSPS) is 20.4. The predicted octanol–water partition coefficient (Wildman–Crippen LogP) is 1.67. The highest BCUT2D eigenvalue weighted by Gasteiger charge is 2.42. The molecule has 1 heterocycles. The van der Waals surface area contributed by atoms with E-state index in [2.05, 4.69) is 36.3 Å². The molecule has 0 aromatic carbocycles. The van der Waals surface area contributed by atoms with Gasteiger partial charge in [-0.05, 0) is 20.4 Å². The quantitative estimate of drug-likeness (QED) is 0.776. The number of nitrogens with zero attached hydrogens (tertiary/aromatic N) is 1. The summed E-state index contributed by atoms with van der Waals surface area (Å²) in [6.07, 6.45) is -0.402. The minimum atomic E-state index is -2.75. The third-order valence-electron chi connectivity index (χ3n) is 3.26. The van der Waals surface area contributed by atoms with Crippen molar-refractivity contribution in [1.82, 2.24) is 15.5 Å². The summed E-state index contributed by atoms with van der Waals surface area (Å²) in [7, 11) is 0. The largest absolute Gasteiger partial charge is 0.353 e. The maximum atomic E-state index is 12.9. The minimum absolute atomic E-state index is 0. The molecule has 8 heteroatoms. The van der Waals surface area contributed by atoms with Crippen molar-refractivity contribution in [2.24, 2.45) is 0 Å². The molecule has 122 valence electrons. The van der Waals surface area contributed by atoms with Gasteiger partial charge in [-0.25, -0.2) is 8.78 Å². The fourth-order valence-electron chi connectivity index (χ4n) is 2.13. The van der Waals surface area contributed by atoms with Crippen molar-refractivity contribution in [3.63, 3.8) is 0 Å². The van der Waals surface area contributed by atoms with Crippen LogP contribution in [0.2, 0.25) is 0 Å². The van der Waals surface area contributed by atoms with Gasteiger partial charge < -0.3 is 5.32 Å². The lowest BCUT2D eigenvalue weighted by atomic mass is 10.2. The number of alkyl halides is 2. The lowest BCUT2D eigenvalue weighted by Gasteiger charge is -2.25. The molecule has 0 aromatic heterocycles. The first kappa shape index (κ1) is 22.1. The number of likely N-dealkylation sites (N-methyl/N-ethyl adjacent to an activating group) is 1. The van der Waals surface area contributed by atoms with Crippen LogP contribution in [0, 0.1) is 0 Å². The molecule has 1 aliphatic rings. The van der Waals surface area contributed by atoms with Crippen molar-refractivity contribution >= 4 is 30.7 Å². The van der Waals surface area contributed by atoms with Gasteiger partial charge in [0.1, 0.15) is 0 Å². The average Bonchev–Trinajstić information content (AvgIpc) is 2.64. The first-order valence-electron chi connectivity index (χ1n) is 6.48. The summed E-state index contributed by atoms with van der Waals surface area (Å²) in [5.41, 5.74) is 0. The van der Waals surface area contributed by atoms with Gasteiger partial charge in [0.25, 0.3) is 5.92 Å². The van der Waals surface area contributed by atoms with E-state index in [0.29, 0.717) is 12.6 Å². The van der Waals surface area contributed by atoms with Crippen molar-refractivity contribution in [2.45, 2.75) is 45.2 Å². The van der Waals surface area contributed by atoms with E-state index in [0.717, 1.165) is 13.1 Å². The highest BCUT2D eigenvalue weighted by atomic mass is 35.5. The molecule has 1 atom stereocenters. The first-order chi connectivity index (χ1) is 8.35. The van der Waals surface area contributed by atoms with Crippen LogP contribution in [-0.2, 0) is 4.79 Å². The van der Waals surface area contributed by atoms with Crippen LogP contribution in [0.5, 0.6) is 0 Å². The molecule has 4 nitrogen and oxygen atoms in total. The Balaban J connectivity index is 0. The summed E-state index contributed by atoms with van der Waals surface area (Å²) in [6.45, 7) is 7.97. The fraction of sp³-hybridized carbons (Fsp3) is 0.917. The Morgan fingerprint density at radius 2 is 2.05 bits per heavy atom. The van der Waals surface area contributed by atoms with E-state index in [4.69, 9.17) is 0 Å². The van der Waals surface area contributed by atoms with Crippen molar-refractivity contribution in [2.75, 3.05) is 26.2 Å². The van der Waals surface area contributed by atoms with E-state index in [9.17, 15) is 13.6 Å². The fourth-order valence-corrected chi connectivity index (χ4v) is 2.13. The molecule has 0 bridgehead atoms. The second kappa shape index (κ2) is 9.71. The Morgan fingerprint density at radius 1 is 1.45 bits per heavy atom. The molecule has 1 fully saturated rings. The Labute approximate surface area is 131 Å². The van der Waals surface area contributed by atoms with Crippen molar-refractivity contribution in [3.8, 4) is 0 Å². The van der Waals surface area contributed by atoms with Gasteiger partial charge in [0.2, 0.25) is 5.91 Å². The summed E-state index contributed by atoms with van der Waals surface area (Å²) in [6, 6.07) is -0.338. The number of halogens is 4. The predicted molar refractivity (Wildman–Crippen MR) is 81.2 cm³/mol. The number of carbonyl (C=O) groups excluding carboxylic acids is 1. The molecule has 0 aromatic rings. The van der Waals surface area contributed by atoms with Gasteiger partial charge in [-0.2, -0.15) is 0 Å². The Morgan fingerprint density at radius 3 is 2.45 bits per heavy atom. The number of hydrogen-bond acceptors (Lipinski definition) is 3. The molecule has 0 spiro atoms. The van der Waals surface area contributed by atoms with Crippen molar-refractivity contribution in [3.05, 3.63) is 0 Å². The van der Waals surface area contributed by atoms with Gasteiger partial charge >= 0.3 is 0 Å². The first-order valence-corrected chi connectivity index (χ1v) is 6.48. The summed E-state index contributed by atoms with van der Waals surface area (Å²) in [5, 5.41) is 5.25. The van der Waals surface area contributed by atoms with E-state index in [1.807, 2.05) is 0 Å². The highest BCUT2D eigenvalue weighted by Crippen LogP contribution is 2.24. The van der Waals surface area contributed by atoms with Crippen LogP contribution < -0.4 is 10.6 Å². The number of amides is 1. The third-order valence-corrected chi connectivity index (χ3v) is 3.26. The molecular weight excluding hydrogens is 311 g/mol. The second-order valence-corrected chi connectivity index (χ2v) is 5.01. The van der Waals surface area contributed by atoms with Gasteiger partial charge in [-0.1, -0.05) is 6.92 Å². The number of carbonyl (C=O) groups is 1. The highest BCUT2D eigenvalue weighted by molar-refractivity contribution is 5.85. The molecular formula is C12H25Cl2F2N3O. The summed E-state index contributed by atoms with van der Waals surface area (Å²) < 4.78 is 25.8. The van der Waals surface area contributed by atoms with Crippen LogP contribution >= 0.6 is 24.8 Å². The maximum Gasteiger partial charge on any atom is 0.262 e. The van der Waals surface area contributed by atoms with Crippen molar-refractivity contribution < 1.29 is 13.6 Å². The molecule has 1 amide bonds. The van der Waals surface area contributed by atoms with Gasteiger partial charge in [-0.15, -0.1) is 24.8 Å². The molecule has 0 saturated carbocycles.